The van der Waals surface area contributed by atoms with E-state index >= 15 is 0 Å². The lowest BCUT2D eigenvalue weighted by Crippen LogP contribution is -2.27. The van der Waals surface area contributed by atoms with E-state index in [1.165, 1.54) is 23.9 Å². The Hall–Kier alpha value is -1.67. The Morgan fingerprint density at radius 1 is 1.61 bits per heavy atom. The number of thioether (sulfide) groups is 1. The van der Waals surface area contributed by atoms with Crippen molar-refractivity contribution in [2.45, 2.75) is 6.92 Å². The van der Waals surface area contributed by atoms with E-state index < -0.39 is 11.7 Å². The molecule has 1 rings (SSSR count). The standard InChI is InChI=1S/C13H15FN2OS/c1-3-5-18-6-4-16-13(17)11-8-10(15)7-9(2)12(11)14/h1,7-8H,4-6,15H2,2H3,(H,16,17). The van der Waals surface area contributed by atoms with Crippen LogP contribution in [0.1, 0.15) is 15.9 Å². The number of hydrogen-bond donors (Lipinski definition) is 2. The number of nitrogen functional groups attached to an aromatic ring is 1. The van der Waals surface area contributed by atoms with Gasteiger partial charge in [-0.25, -0.2) is 4.39 Å². The number of carbonyl (C=O) groups excluding carboxylic acids is 1. The Morgan fingerprint density at radius 2 is 2.33 bits per heavy atom. The average molecular weight is 266 g/mol. The van der Waals surface area contributed by atoms with E-state index in [4.69, 9.17) is 12.2 Å². The van der Waals surface area contributed by atoms with Gasteiger partial charge in [-0.05, 0) is 24.6 Å². The summed E-state index contributed by atoms with van der Waals surface area (Å²) in [6, 6.07) is 2.83. The number of carbonyl (C=O) groups is 1. The van der Waals surface area contributed by atoms with Crippen molar-refractivity contribution in [2.75, 3.05) is 23.8 Å². The van der Waals surface area contributed by atoms with Gasteiger partial charge < -0.3 is 11.1 Å². The predicted octanol–water partition coefficient (Wildman–Crippen LogP) is 1.81. The van der Waals surface area contributed by atoms with Gasteiger partial charge in [-0.3, -0.25) is 4.79 Å². The molecule has 0 atom stereocenters. The van der Waals surface area contributed by atoms with Crippen molar-refractivity contribution in [3.63, 3.8) is 0 Å². The smallest absolute Gasteiger partial charge is 0.254 e. The van der Waals surface area contributed by atoms with E-state index in [2.05, 4.69) is 11.2 Å². The Bertz CT molecular complexity index is 483. The van der Waals surface area contributed by atoms with Crippen LogP contribution in [0, 0.1) is 25.1 Å². The number of amides is 1. The SMILES string of the molecule is C#CCSCCNC(=O)c1cc(N)cc(C)c1F. The van der Waals surface area contributed by atoms with Crippen LogP contribution < -0.4 is 11.1 Å². The molecule has 0 unspecified atom stereocenters. The summed E-state index contributed by atoms with van der Waals surface area (Å²) in [4.78, 5) is 11.7. The lowest BCUT2D eigenvalue weighted by atomic mass is 10.1. The van der Waals surface area contributed by atoms with Crippen molar-refractivity contribution in [3.8, 4) is 12.3 Å². The van der Waals surface area contributed by atoms with E-state index in [-0.39, 0.29) is 5.56 Å². The molecule has 0 aliphatic carbocycles. The number of nitrogens with one attached hydrogen (secondary N) is 1. The van der Waals surface area contributed by atoms with E-state index in [9.17, 15) is 9.18 Å². The van der Waals surface area contributed by atoms with Crippen LogP contribution in [-0.4, -0.2) is 24.0 Å². The van der Waals surface area contributed by atoms with Crippen LogP contribution >= 0.6 is 11.8 Å². The van der Waals surface area contributed by atoms with Crippen LogP contribution in [0.2, 0.25) is 0 Å². The highest BCUT2D eigenvalue weighted by Crippen LogP contribution is 2.16. The fourth-order valence-electron chi connectivity index (χ4n) is 1.43. The first kappa shape index (κ1) is 14.4. The van der Waals surface area contributed by atoms with Gasteiger partial charge in [0, 0.05) is 18.0 Å². The molecular formula is C13H15FN2OS. The molecule has 0 aromatic heterocycles. The maximum Gasteiger partial charge on any atom is 0.254 e. The largest absolute Gasteiger partial charge is 0.399 e. The molecule has 0 radical (unpaired) electrons. The van der Waals surface area contributed by atoms with Crippen molar-refractivity contribution in [1.29, 1.82) is 0 Å². The third-order valence-corrected chi connectivity index (χ3v) is 3.10. The van der Waals surface area contributed by atoms with Gasteiger partial charge in [0.1, 0.15) is 5.82 Å². The molecule has 0 saturated carbocycles. The van der Waals surface area contributed by atoms with E-state index in [0.717, 1.165) is 0 Å². The van der Waals surface area contributed by atoms with Crippen molar-refractivity contribution in [2.24, 2.45) is 0 Å². The van der Waals surface area contributed by atoms with Gasteiger partial charge in [0.15, 0.2) is 0 Å². The first-order valence-corrected chi connectivity index (χ1v) is 6.56. The molecule has 1 aromatic carbocycles. The van der Waals surface area contributed by atoms with Crippen molar-refractivity contribution >= 4 is 23.4 Å². The molecule has 0 aliphatic heterocycles. The molecule has 0 bridgehead atoms. The summed E-state index contributed by atoms with van der Waals surface area (Å²) in [5.41, 5.74) is 6.31. The molecular weight excluding hydrogens is 251 g/mol. The van der Waals surface area contributed by atoms with Gasteiger partial charge >= 0.3 is 0 Å². The highest BCUT2D eigenvalue weighted by atomic mass is 32.2. The number of rotatable bonds is 5. The van der Waals surface area contributed by atoms with Crippen LogP contribution in [-0.2, 0) is 0 Å². The zero-order chi connectivity index (χ0) is 13.5. The van der Waals surface area contributed by atoms with Crippen LogP contribution in [0.15, 0.2) is 12.1 Å². The predicted molar refractivity (Wildman–Crippen MR) is 74.0 cm³/mol. The molecule has 0 aliphatic rings. The Morgan fingerprint density at radius 3 is 3.00 bits per heavy atom. The van der Waals surface area contributed by atoms with E-state index in [0.29, 0.717) is 29.3 Å². The first-order chi connectivity index (χ1) is 8.56. The van der Waals surface area contributed by atoms with Gasteiger partial charge in [-0.15, -0.1) is 18.2 Å². The minimum atomic E-state index is -0.530. The molecule has 1 amide bonds. The van der Waals surface area contributed by atoms with Crippen LogP contribution in [0.4, 0.5) is 10.1 Å². The second-order valence-corrected chi connectivity index (χ2v) is 4.82. The highest BCUT2D eigenvalue weighted by Gasteiger charge is 2.13. The van der Waals surface area contributed by atoms with Gasteiger partial charge in [0.05, 0.1) is 11.3 Å². The number of terminal acetylenes is 1. The van der Waals surface area contributed by atoms with Gasteiger partial charge in [0.25, 0.3) is 5.91 Å². The Balaban J connectivity index is 2.60. The van der Waals surface area contributed by atoms with Crippen LogP contribution in [0.25, 0.3) is 0 Å². The Kier molecular flexibility index (Phi) is 5.53. The summed E-state index contributed by atoms with van der Waals surface area (Å²) >= 11 is 1.53. The third kappa shape index (κ3) is 3.97. The molecule has 96 valence electrons. The summed E-state index contributed by atoms with van der Waals surface area (Å²) in [7, 11) is 0. The number of anilines is 1. The van der Waals surface area contributed by atoms with Crippen molar-refractivity contribution < 1.29 is 9.18 Å². The van der Waals surface area contributed by atoms with Crippen LogP contribution in [0.3, 0.4) is 0 Å². The van der Waals surface area contributed by atoms with E-state index in [1.807, 2.05) is 0 Å². The maximum absolute atomic E-state index is 13.7. The molecule has 5 heteroatoms. The normalized spacial score (nSPS) is 9.83. The van der Waals surface area contributed by atoms with Crippen molar-refractivity contribution in [1.82, 2.24) is 5.32 Å². The average Bonchev–Trinajstić information content (AvgIpc) is 2.33. The zero-order valence-electron chi connectivity index (χ0n) is 10.1. The molecule has 0 fully saturated rings. The fraction of sp³-hybridized carbons (Fsp3) is 0.308. The molecule has 0 spiro atoms. The second kappa shape index (κ2) is 6.92. The highest BCUT2D eigenvalue weighted by molar-refractivity contribution is 7.99. The quantitative estimate of drug-likeness (QED) is 0.485. The minimum Gasteiger partial charge on any atom is -0.399 e. The third-order valence-electron chi connectivity index (χ3n) is 2.24. The molecule has 1 aromatic rings. The number of aryl methyl sites for hydroxylation is 1. The number of nitrogens with two attached hydrogens (primary N) is 1. The molecule has 0 saturated heterocycles. The topological polar surface area (TPSA) is 55.1 Å². The number of hydrogen-bond acceptors (Lipinski definition) is 3. The lowest BCUT2D eigenvalue weighted by Gasteiger charge is -2.08. The summed E-state index contributed by atoms with van der Waals surface area (Å²) in [6.45, 7) is 2.02. The second-order valence-electron chi connectivity index (χ2n) is 3.71. The summed E-state index contributed by atoms with van der Waals surface area (Å²) in [5, 5.41) is 2.63. The molecule has 18 heavy (non-hydrogen) atoms. The van der Waals surface area contributed by atoms with Gasteiger partial charge in [-0.2, -0.15) is 0 Å². The van der Waals surface area contributed by atoms with Gasteiger partial charge in [0.2, 0.25) is 0 Å². The van der Waals surface area contributed by atoms with E-state index in [1.54, 1.807) is 6.92 Å². The number of halogens is 1. The first-order valence-electron chi connectivity index (χ1n) is 5.41. The molecule has 0 heterocycles. The number of benzene rings is 1. The lowest BCUT2D eigenvalue weighted by molar-refractivity contribution is 0.0952. The zero-order valence-corrected chi connectivity index (χ0v) is 10.9. The monoisotopic (exact) mass is 266 g/mol. The summed E-state index contributed by atoms with van der Waals surface area (Å²) in [5.74, 6) is 2.79. The Labute approximate surface area is 110 Å². The molecule has 3 nitrogen and oxygen atoms in total. The minimum absolute atomic E-state index is 0.0190. The maximum atomic E-state index is 13.7. The summed E-state index contributed by atoms with van der Waals surface area (Å²) < 4.78 is 13.7. The fourth-order valence-corrected chi connectivity index (χ4v) is 1.93. The van der Waals surface area contributed by atoms with Crippen molar-refractivity contribution in [3.05, 3.63) is 29.1 Å². The molecule has 3 N–H and O–H groups in total. The van der Waals surface area contributed by atoms with Gasteiger partial charge in [-0.1, -0.05) is 5.92 Å². The summed E-state index contributed by atoms with van der Waals surface area (Å²) in [6.07, 6.45) is 5.09. The van der Waals surface area contributed by atoms with Crippen LogP contribution in [0.5, 0.6) is 0 Å².